The molecule has 0 aromatic heterocycles. The molecule has 0 heterocycles. The third-order valence-corrected chi connectivity index (χ3v) is 3.64. The molecule has 1 aromatic rings. The molecule has 0 aliphatic rings. The molecule has 1 rings (SSSR count). The lowest BCUT2D eigenvalue weighted by atomic mass is 10.2. The van der Waals surface area contributed by atoms with Crippen LogP contribution < -0.4 is 10.5 Å². The van der Waals surface area contributed by atoms with Gasteiger partial charge in [0.15, 0.2) is 0 Å². The molecule has 0 aliphatic carbocycles. The van der Waals surface area contributed by atoms with Crippen LogP contribution in [0.5, 0.6) is 0 Å². The summed E-state index contributed by atoms with van der Waals surface area (Å²) in [5, 5.41) is 0. The SMILES string of the molecule is COCCNS(=O)(=O)c1ccccc1CN. The third kappa shape index (κ3) is 3.28. The largest absolute Gasteiger partial charge is 0.383 e. The number of benzene rings is 1. The molecule has 0 unspecified atom stereocenters. The lowest BCUT2D eigenvalue weighted by Crippen LogP contribution is -2.28. The van der Waals surface area contributed by atoms with Gasteiger partial charge >= 0.3 is 0 Å². The number of nitrogens with one attached hydrogen (secondary N) is 1. The van der Waals surface area contributed by atoms with Crippen LogP contribution in [-0.2, 0) is 21.3 Å². The Morgan fingerprint density at radius 3 is 2.69 bits per heavy atom. The Bertz CT molecular complexity index is 431. The molecule has 5 nitrogen and oxygen atoms in total. The minimum Gasteiger partial charge on any atom is -0.383 e. The summed E-state index contributed by atoms with van der Waals surface area (Å²) in [6, 6.07) is 6.67. The molecule has 0 aliphatic heterocycles. The van der Waals surface area contributed by atoms with E-state index >= 15 is 0 Å². The van der Waals surface area contributed by atoms with Crippen LogP contribution in [0.2, 0.25) is 0 Å². The summed E-state index contributed by atoms with van der Waals surface area (Å²) in [5.74, 6) is 0. The lowest BCUT2D eigenvalue weighted by molar-refractivity contribution is 0.204. The topological polar surface area (TPSA) is 81.4 Å². The smallest absolute Gasteiger partial charge is 0.240 e. The standard InChI is InChI=1S/C10H16N2O3S/c1-15-7-6-12-16(13,14)10-5-3-2-4-9(10)8-11/h2-5,12H,6-8,11H2,1H3. The van der Waals surface area contributed by atoms with E-state index in [4.69, 9.17) is 10.5 Å². The van der Waals surface area contributed by atoms with Crippen LogP contribution in [0.25, 0.3) is 0 Å². The van der Waals surface area contributed by atoms with Gasteiger partial charge in [-0.05, 0) is 11.6 Å². The van der Waals surface area contributed by atoms with Crippen molar-refractivity contribution in [1.82, 2.24) is 4.72 Å². The van der Waals surface area contributed by atoms with E-state index in [-0.39, 0.29) is 18.0 Å². The van der Waals surface area contributed by atoms with Gasteiger partial charge in [0.1, 0.15) is 0 Å². The van der Waals surface area contributed by atoms with E-state index < -0.39 is 10.0 Å². The first-order valence-corrected chi connectivity index (χ1v) is 6.36. The van der Waals surface area contributed by atoms with Crippen LogP contribution in [0, 0.1) is 0 Å². The second kappa shape index (κ2) is 5.95. The summed E-state index contributed by atoms with van der Waals surface area (Å²) in [6.45, 7) is 0.781. The summed E-state index contributed by atoms with van der Waals surface area (Å²) in [5.41, 5.74) is 6.09. The molecular weight excluding hydrogens is 228 g/mol. The van der Waals surface area contributed by atoms with Crippen molar-refractivity contribution in [2.45, 2.75) is 11.4 Å². The Labute approximate surface area is 95.7 Å². The maximum absolute atomic E-state index is 11.9. The van der Waals surface area contributed by atoms with E-state index in [0.717, 1.165) is 0 Å². The van der Waals surface area contributed by atoms with Crippen LogP contribution in [-0.4, -0.2) is 28.7 Å². The van der Waals surface area contributed by atoms with E-state index in [1.54, 1.807) is 18.2 Å². The van der Waals surface area contributed by atoms with E-state index in [9.17, 15) is 8.42 Å². The van der Waals surface area contributed by atoms with Crippen molar-refractivity contribution in [2.75, 3.05) is 20.3 Å². The number of rotatable bonds is 6. The molecule has 90 valence electrons. The zero-order valence-electron chi connectivity index (χ0n) is 9.14. The Morgan fingerprint density at radius 2 is 2.06 bits per heavy atom. The Hall–Kier alpha value is -0.950. The number of hydrogen-bond donors (Lipinski definition) is 2. The first-order valence-electron chi connectivity index (χ1n) is 4.88. The van der Waals surface area contributed by atoms with E-state index in [1.807, 2.05) is 0 Å². The van der Waals surface area contributed by atoms with Crippen molar-refractivity contribution in [3.05, 3.63) is 29.8 Å². The highest BCUT2D eigenvalue weighted by Crippen LogP contribution is 2.14. The van der Waals surface area contributed by atoms with Crippen LogP contribution in [0.15, 0.2) is 29.2 Å². The normalized spacial score (nSPS) is 11.6. The summed E-state index contributed by atoms with van der Waals surface area (Å²) in [7, 11) is -1.97. The zero-order valence-corrected chi connectivity index (χ0v) is 9.96. The first-order chi connectivity index (χ1) is 7.61. The van der Waals surface area contributed by atoms with Crippen molar-refractivity contribution in [3.8, 4) is 0 Å². The average molecular weight is 244 g/mol. The second-order valence-electron chi connectivity index (χ2n) is 3.20. The molecule has 16 heavy (non-hydrogen) atoms. The summed E-state index contributed by atoms with van der Waals surface area (Å²) < 4.78 is 30.9. The highest BCUT2D eigenvalue weighted by molar-refractivity contribution is 7.89. The van der Waals surface area contributed by atoms with Gasteiger partial charge in [0.2, 0.25) is 10.0 Å². The molecule has 6 heteroatoms. The van der Waals surface area contributed by atoms with Crippen molar-refractivity contribution in [2.24, 2.45) is 5.73 Å². The molecule has 0 atom stereocenters. The van der Waals surface area contributed by atoms with Gasteiger partial charge in [0.25, 0.3) is 0 Å². The van der Waals surface area contributed by atoms with Gasteiger partial charge in [-0.2, -0.15) is 0 Å². The molecule has 0 fully saturated rings. The fourth-order valence-corrected chi connectivity index (χ4v) is 2.55. The zero-order chi connectivity index (χ0) is 12.0. The lowest BCUT2D eigenvalue weighted by Gasteiger charge is -2.09. The van der Waals surface area contributed by atoms with E-state index in [0.29, 0.717) is 12.2 Å². The molecule has 0 saturated heterocycles. The predicted molar refractivity (Wildman–Crippen MR) is 61.4 cm³/mol. The Morgan fingerprint density at radius 1 is 1.38 bits per heavy atom. The minimum atomic E-state index is -3.49. The third-order valence-electron chi connectivity index (χ3n) is 2.08. The number of sulfonamides is 1. The molecule has 0 spiro atoms. The number of nitrogens with two attached hydrogens (primary N) is 1. The van der Waals surface area contributed by atoms with Crippen LogP contribution in [0.3, 0.4) is 0 Å². The molecular formula is C10H16N2O3S. The molecule has 0 amide bonds. The maximum atomic E-state index is 11.9. The predicted octanol–water partition coefficient (Wildman–Crippen LogP) is 0.0700. The fraction of sp³-hybridized carbons (Fsp3) is 0.400. The quantitative estimate of drug-likeness (QED) is 0.694. The minimum absolute atomic E-state index is 0.196. The number of methoxy groups -OCH3 is 1. The van der Waals surface area contributed by atoms with E-state index in [2.05, 4.69) is 4.72 Å². The van der Waals surface area contributed by atoms with Crippen molar-refractivity contribution in [1.29, 1.82) is 0 Å². The molecule has 0 radical (unpaired) electrons. The van der Waals surface area contributed by atoms with E-state index in [1.165, 1.54) is 13.2 Å². The number of hydrogen-bond acceptors (Lipinski definition) is 4. The monoisotopic (exact) mass is 244 g/mol. The Kier molecular flexibility index (Phi) is 4.88. The van der Waals surface area contributed by atoms with Gasteiger partial charge in [-0.25, -0.2) is 13.1 Å². The van der Waals surface area contributed by atoms with Gasteiger partial charge < -0.3 is 10.5 Å². The van der Waals surface area contributed by atoms with Gasteiger partial charge in [0.05, 0.1) is 11.5 Å². The highest BCUT2D eigenvalue weighted by atomic mass is 32.2. The van der Waals surface area contributed by atoms with Gasteiger partial charge in [0, 0.05) is 20.2 Å². The van der Waals surface area contributed by atoms with Gasteiger partial charge in [-0.3, -0.25) is 0 Å². The summed E-state index contributed by atoms with van der Waals surface area (Å²) >= 11 is 0. The van der Waals surface area contributed by atoms with Crippen LogP contribution in [0.4, 0.5) is 0 Å². The molecule has 1 aromatic carbocycles. The van der Waals surface area contributed by atoms with Crippen molar-refractivity contribution in [3.63, 3.8) is 0 Å². The van der Waals surface area contributed by atoms with Crippen LogP contribution in [0.1, 0.15) is 5.56 Å². The average Bonchev–Trinajstić information content (AvgIpc) is 2.29. The molecule has 0 saturated carbocycles. The fourth-order valence-electron chi connectivity index (χ4n) is 1.29. The number of ether oxygens (including phenoxy) is 1. The van der Waals surface area contributed by atoms with Gasteiger partial charge in [-0.1, -0.05) is 18.2 Å². The summed E-state index contributed by atoms with van der Waals surface area (Å²) in [6.07, 6.45) is 0. The molecule has 3 N–H and O–H groups in total. The second-order valence-corrected chi connectivity index (χ2v) is 4.94. The Balaban J connectivity index is 2.89. The van der Waals surface area contributed by atoms with Crippen molar-refractivity contribution >= 4 is 10.0 Å². The first kappa shape index (κ1) is 13.1. The van der Waals surface area contributed by atoms with Crippen LogP contribution >= 0.6 is 0 Å². The van der Waals surface area contributed by atoms with Crippen molar-refractivity contribution < 1.29 is 13.2 Å². The maximum Gasteiger partial charge on any atom is 0.240 e. The molecule has 0 bridgehead atoms. The highest BCUT2D eigenvalue weighted by Gasteiger charge is 2.16. The van der Waals surface area contributed by atoms with Gasteiger partial charge in [-0.15, -0.1) is 0 Å². The summed E-state index contributed by atoms with van der Waals surface area (Å²) in [4.78, 5) is 0.230.